The lowest BCUT2D eigenvalue weighted by molar-refractivity contribution is 0.824. The van der Waals surface area contributed by atoms with Gasteiger partial charge in [-0.15, -0.1) is 25.7 Å². The van der Waals surface area contributed by atoms with E-state index in [4.69, 9.17) is 0 Å². The van der Waals surface area contributed by atoms with Crippen LogP contribution < -0.4 is 0 Å². The van der Waals surface area contributed by atoms with Crippen molar-refractivity contribution in [3.63, 3.8) is 0 Å². The molecule has 1 nitrogen and oxygen atoms in total. The second-order valence-corrected chi connectivity index (χ2v) is 0.577. The Hall–Kier alpha value is -1.80. The third kappa shape index (κ3) is 2730. The first-order valence-electron chi connectivity index (χ1n) is 1.65. The van der Waals surface area contributed by atoms with Gasteiger partial charge >= 0.3 is 0 Å². The third-order valence-electron chi connectivity index (χ3n) is 0.167. The molecule has 0 saturated carbocycles. The van der Waals surface area contributed by atoms with Gasteiger partial charge in [0.2, 0.25) is 0 Å². The van der Waals surface area contributed by atoms with E-state index in [1.54, 1.807) is 0 Å². The molecule has 0 radical (unpaired) electrons. The van der Waals surface area contributed by atoms with E-state index in [0.29, 0.717) is 0 Å². The van der Waals surface area contributed by atoms with Crippen molar-refractivity contribution in [1.29, 1.82) is 0 Å². The quantitative estimate of drug-likeness (QED) is 0.390. The highest BCUT2D eigenvalue weighted by Gasteiger charge is 1.23. The smallest absolute Gasteiger partial charge is 0.0191 e. The molecule has 0 aromatic heterocycles. The minimum Gasteiger partial charge on any atom is -0.412 e. The Morgan fingerprint density at radius 3 is 0.667 bits per heavy atom. The van der Waals surface area contributed by atoms with Crippen molar-refractivity contribution >= 4 is 0 Å². The molecule has 0 fully saturated rings. The maximum atomic E-state index is 4.54. The normalized spacial score (nSPS) is 2.22. The van der Waals surface area contributed by atoms with Gasteiger partial charge in [0.1, 0.15) is 0 Å². The summed E-state index contributed by atoms with van der Waals surface area (Å²) in [6.45, 7) is 0. The Balaban J connectivity index is -0.0000000720. The summed E-state index contributed by atoms with van der Waals surface area (Å²) >= 11 is 0. The lowest BCUT2D eigenvalue weighted by Gasteiger charge is -1.30. The number of rotatable bonds is 0. The Morgan fingerprint density at radius 2 is 0.667 bits per heavy atom. The van der Waals surface area contributed by atoms with Gasteiger partial charge in [0.15, 0.2) is 0 Å². The summed E-state index contributed by atoms with van der Waals surface area (Å²) < 4.78 is 0. The molecule has 0 aromatic rings. The molecule has 0 aliphatic heterocycles. The van der Waals surface area contributed by atoms with E-state index in [0.717, 1.165) is 0 Å². The summed E-state index contributed by atoms with van der Waals surface area (Å²) in [4.78, 5) is 0. The zero-order chi connectivity index (χ0) is 6.83. The molecule has 0 saturated heterocycles. The highest BCUT2D eigenvalue weighted by atomic mass is 16.0. The Morgan fingerprint density at radius 1 is 0.556 bits per heavy atom. The fraction of sp³-hybridized carbons (Fsp3) is 0. The molecule has 0 rings (SSSR count). The zero-order valence-electron chi connectivity index (χ0n) is 4.81. The molecule has 0 aliphatic rings. The van der Waals surface area contributed by atoms with Gasteiger partial charge in [-0.1, -0.05) is 0 Å². The fourth-order valence-corrected chi connectivity index (χ4v) is 0. The van der Waals surface area contributed by atoms with E-state index in [2.05, 4.69) is 25.7 Å². The Kier molecular flexibility index (Phi) is 60.4. The highest BCUT2D eigenvalue weighted by molar-refractivity contribution is 5.16. The Bertz CT molecular complexity index is 139. The van der Waals surface area contributed by atoms with Crippen LogP contribution in [0.5, 0.6) is 0 Å². The van der Waals surface area contributed by atoms with Crippen molar-refractivity contribution in [2.75, 3.05) is 0 Å². The summed E-state index contributed by atoms with van der Waals surface area (Å²) in [6, 6.07) is 0. The zero-order valence-corrected chi connectivity index (χ0v) is 4.81. The lowest BCUT2D eigenvalue weighted by Crippen LogP contribution is -1.26. The first-order chi connectivity index (χ1) is 3.83. The molecule has 0 aromatic carbocycles. The van der Waals surface area contributed by atoms with Gasteiger partial charge in [0.05, 0.1) is 0 Å². The maximum Gasteiger partial charge on any atom is -0.0191 e. The van der Waals surface area contributed by atoms with Crippen molar-refractivity contribution in [2.45, 2.75) is 0 Å². The van der Waals surface area contributed by atoms with Crippen LogP contribution in [0, 0.1) is 49.4 Å². The van der Waals surface area contributed by atoms with E-state index in [1.807, 2.05) is 23.7 Å². The van der Waals surface area contributed by atoms with Gasteiger partial charge < -0.3 is 5.48 Å². The second kappa shape index (κ2) is 34.6. The molecule has 2 N–H and O–H groups in total. The van der Waals surface area contributed by atoms with E-state index < -0.39 is 0 Å². The van der Waals surface area contributed by atoms with Crippen molar-refractivity contribution in [2.24, 2.45) is 0 Å². The van der Waals surface area contributed by atoms with Gasteiger partial charge in [-0.3, -0.25) is 0 Å². The average Bonchev–Trinajstić information content (AvgIpc) is 1.88. The van der Waals surface area contributed by atoms with Gasteiger partial charge in [0.25, 0.3) is 0 Å². The van der Waals surface area contributed by atoms with Crippen LogP contribution in [0.4, 0.5) is 0 Å². The van der Waals surface area contributed by atoms with E-state index in [-0.39, 0.29) is 5.48 Å². The molecule has 0 amide bonds. The van der Waals surface area contributed by atoms with E-state index in [1.165, 1.54) is 0 Å². The van der Waals surface area contributed by atoms with Crippen LogP contribution in [-0.4, -0.2) is 5.48 Å². The first kappa shape index (κ1) is 15.7. The monoisotopic (exact) mass is 118 g/mol. The average molecular weight is 118 g/mol. The van der Waals surface area contributed by atoms with Crippen molar-refractivity contribution in [3.8, 4) is 49.4 Å². The van der Waals surface area contributed by atoms with E-state index in [9.17, 15) is 0 Å². The SMILES string of the molecule is C#CC#C.C#CC#C.O. The minimum atomic E-state index is 0. The summed E-state index contributed by atoms with van der Waals surface area (Å²) in [7, 11) is 0. The predicted molar refractivity (Wildman–Crippen MR) is 38.9 cm³/mol. The summed E-state index contributed by atoms with van der Waals surface area (Å²) in [6.07, 6.45) is 18.2. The minimum absolute atomic E-state index is 0. The number of hydrogen-bond acceptors (Lipinski definition) is 0. The summed E-state index contributed by atoms with van der Waals surface area (Å²) in [5.41, 5.74) is 0. The van der Waals surface area contributed by atoms with Gasteiger partial charge in [-0.25, -0.2) is 0 Å². The topological polar surface area (TPSA) is 31.5 Å². The largest absolute Gasteiger partial charge is 0.412 e. The van der Waals surface area contributed by atoms with Gasteiger partial charge in [-0.05, 0) is 23.7 Å². The van der Waals surface area contributed by atoms with E-state index >= 15 is 0 Å². The number of terminal acetylenes is 4. The molecule has 0 spiro atoms. The van der Waals surface area contributed by atoms with Crippen LogP contribution in [0.25, 0.3) is 0 Å². The first-order valence-corrected chi connectivity index (χ1v) is 1.65. The van der Waals surface area contributed by atoms with Crippen molar-refractivity contribution in [3.05, 3.63) is 0 Å². The Labute approximate surface area is 55.8 Å². The third-order valence-corrected chi connectivity index (χ3v) is 0.167. The molecule has 0 unspecified atom stereocenters. The molecule has 9 heavy (non-hydrogen) atoms. The number of hydrogen-bond donors (Lipinski definition) is 0. The molecule has 0 aliphatic carbocycles. The van der Waals surface area contributed by atoms with Crippen LogP contribution >= 0.6 is 0 Å². The van der Waals surface area contributed by atoms with Gasteiger partial charge in [-0.2, -0.15) is 0 Å². The van der Waals surface area contributed by atoms with Crippen LogP contribution in [0.1, 0.15) is 0 Å². The van der Waals surface area contributed by atoms with Crippen LogP contribution in [-0.2, 0) is 0 Å². The molecule has 1 heteroatoms. The molecule has 0 heterocycles. The maximum absolute atomic E-state index is 4.54. The second-order valence-electron chi connectivity index (χ2n) is 0.577. The van der Waals surface area contributed by atoms with Crippen LogP contribution in [0.15, 0.2) is 0 Å². The molecular weight excluding hydrogens is 112 g/mol. The predicted octanol–water partition coefficient (Wildman–Crippen LogP) is -0.319. The molecule has 0 atom stereocenters. The highest BCUT2D eigenvalue weighted by Crippen LogP contribution is 1.27. The summed E-state index contributed by atoms with van der Waals surface area (Å²) in [5.74, 6) is 7.83. The molecule has 44 valence electrons. The summed E-state index contributed by atoms with van der Waals surface area (Å²) in [5, 5.41) is 0. The van der Waals surface area contributed by atoms with Gasteiger partial charge in [0, 0.05) is 0 Å². The van der Waals surface area contributed by atoms with Crippen LogP contribution in [0.3, 0.4) is 0 Å². The fourth-order valence-electron chi connectivity index (χ4n) is 0. The van der Waals surface area contributed by atoms with Crippen LogP contribution in [0.2, 0.25) is 0 Å². The standard InChI is InChI=1S/2C4H2.H2O/c2*1-3-4-2;/h2*1-2H;1H2. The lowest BCUT2D eigenvalue weighted by atomic mass is 10.7. The molecular formula is C8H6O. The van der Waals surface area contributed by atoms with Crippen molar-refractivity contribution in [1.82, 2.24) is 0 Å². The molecule has 0 bridgehead atoms. The van der Waals surface area contributed by atoms with Crippen molar-refractivity contribution < 1.29 is 5.48 Å².